The van der Waals surface area contributed by atoms with E-state index < -0.39 is 5.82 Å². The number of benzene rings is 4. The van der Waals surface area contributed by atoms with Crippen LogP contribution in [0.4, 0.5) is 4.39 Å². The summed E-state index contributed by atoms with van der Waals surface area (Å²) < 4.78 is 57.4. The van der Waals surface area contributed by atoms with Gasteiger partial charge in [0, 0.05) is 83.9 Å². The van der Waals surface area contributed by atoms with E-state index in [0.717, 1.165) is 119 Å². The molecule has 16 rings (SSSR count). The van der Waals surface area contributed by atoms with Gasteiger partial charge in [0.05, 0.1) is 72.5 Å². The van der Waals surface area contributed by atoms with Crippen molar-refractivity contribution >= 4 is 22.6 Å². The lowest BCUT2D eigenvalue weighted by atomic mass is 9.82. The summed E-state index contributed by atoms with van der Waals surface area (Å²) in [6.45, 7) is 9.56. The van der Waals surface area contributed by atoms with Crippen LogP contribution in [-0.2, 0) is 0 Å². The molecule has 111 heavy (non-hydrogen) atoms. The van der Waals surface area contributed by atoms with Gasteiger partial charge in [-0.3, -0.25) is 36.8 Å². The number of nitrogens with zero attached hydrogens (tertiary/aromatic N) is 9. The van der Waals surface area contributed by atoms with E-state index in [1.807, 2.05) is 117 Å². The number of piperidine rings is 3. The predicted octanol–water partition coefficient (Wildman–Crippen LogP) is 13.0. The molecule has 3 aliphatic heterocycles. The van der Waals surface area contributed by atoms with Gasteiger partial charge in [-0.05, 0) is 254 Å². The van der Waals surface area contributed by atoms with Crippen molar-refractivity contribution in [1.82, 2.24) is 58.4 Å². The number of ether oxygens (including phenoxy) is 7. The maximum atomic E-state index is 14.0. The molecule has 0 amide bonds. The highest BCUT2D eigenvalue weighted by atomic mass is 19.1. The van der Waals surface area contributed by atoms with Gasteiger partial charge in [-0.25, -0.2) is 24.3 Å². The van der Waals surface area contributed by atoms with E-state index in [0.29, 0.717) is 115 Å². The molecule has 1 unspecified atom stereocenters. The summed E-state index contributed by atoms with van der Waals surface area (Å²) in [5.41, 5.74) is 12.2. The quantitative estimate of drug-likeness (QED) is 0.0767. The minimum atomic E-state index is -0.478. The van der Waals surface area contributed by atoms with Gasteiger partial charge in [-0.15, -0.1) is 0 Å². The lowest BCUT2D eigenvalue weighted by Crippen LogP contribution is -2.32. The molecule has 4 aliphatic rings. The van der Waals surface area contributed by atoms with Crippen LogP contribution < -0.4 is 71.3 Å². The zero-order chi connectivity index (χ0) is 77.7. The minimum Gasteiger partial charge on any atom is -0.494 e. The molecular weight excluding hydrogens is 1410 g/mol. The number of likely N-dealkylation sites (tertiary alicyclic amines) is 1. The number of aromatic nitrogens is 8. The van der Waals surface area contributed by atoms with Crippen LogP contribution in [0.25, 0.3) is 67.6 Å². The topological polar surface area (TPSA) is 241 Å². The first-order valence-corrected chi connectivity index (χ1v) is 38.1. The Balaban J connectivity index is 0.000000130. The zero-order valence-corrected chi connectivity index (χ0v) is 64.5. The van der Waals surface area contributed by atoms with Crippen LogP contribution in [0.15, 0.2) is 190 Å². The van der Waals surface area contributed by atoms with E-state index in [-0.39, 0.29) is 28.0 Å². The molecule has 3 N–H and O–H groups in total. The number of rotatable bonds is 17. The van der Waals surface area contributed by atoms with Crippen molar-refractivity contribution in [2.75, 3.05) is 103 Å². The van der Waals surface area contributed by atoms with Crippen LogP contribution in [0.5, 0.6) is 40.2 Å². The molecule has 1 atom stereocenters. The summed E-state index contributed by atoms with van der Waals surface area (Å²) in [5, 5.41) is 10.1. The van der Waals surface area contributed by atoms with E-state index in [1.165, 1.54) is 54.8 Å². The molecule has 24 heteroatoms. The highest BCUT2D eigenvalue weighted by molar-refractivity contribution is 5.69. The van der Waals surface area contributed by atoms with E-state index in [9.17, 15) is 23.6 Å². The van der Waals surface area contributed by atoms with Gasteiger partial charge in [0.2, 0.25) is 0 Å². The fraction of sp³-hybridized carbons (Fsp3) is 0.356. The summed E-state index contributed by atoms with van der Waals surface area (Å²) in [6, 6.07) is 44.0. The lowest BCUT2D eigenvalue weighted by Gasteiger charge is -2.31. The van der Waals surface area contributed by atoms with Crippen molar-refractivity contribution in [3.05, 3.63) is 240 Å². The monoisotopic (exact) mass is 1500 g/mol. The maximum Gasteiger partial charge on any atom is 0.258 e. The van der Waals surface area contributed by atoms with Crippen LogP contribution in [0.3, 0.4) is 0 Å². The van der Waals surface area contributed by atoms with E-state index in [4.69, 9.17) is 43.1 Å². The largest absolute Gasteiger partial charge is 0.494 e. The van der Waals surface area contributed by atoms with Crippen LogP contribution >= 0.6 is 0 Å². The molecule has 4 aromatic carbocycles. The van der Waals surface area contributed by atoms with Gasteiger partial charge in [-0.1, -0.05) is 31.2 Å². The van der Waals surface area contributed by atoms with Crippen molar-refractivity contribution in [1.29, 1.82) is 0 Å². The second kappa shape index (κ2) is 36.0. The number of hydrogen-bond donors (Lipinski definition) is 3. The molecule has 1 saturated carbocycles. The molecule has 0 spiro atoms. The first kappa shape index (κ1) is 77.8. The van der Waals surface area contributed by atoms with Gasteiger partial charge in [-0.2, -0.15) is 0 Å². The molecule has 23 nitrogen and oxygen atoms in total. The Hall–Kier alpha value is -11.3. The Morgan fingerprint density at radius 3 is 1.05 bits per heavy atom. The standard InChI is InChI=1S/2C23H27N3O3.C21H23N3O3.C20H20FN3O2/c1-24-18-8-4-15(5-9-18)17-7-11-22-25-19(13-23(27)26(22)14-17)16-6-10-20(28-2)21(12-16)29-3;1-4-25-11-9-16(10-12-25)18-6-8-22-24-19(14-23(27)26(22)15-18)17-5-7-20(28-2)21(13-17)29-3;1-26-18-7-5-14(10-19(18)27-2)17-11-21(25)24-13-16(6-8-20(24)23-17)15-4-3-9-22-12-15;1-26-18-4-2-14(10-16(18)21)17-11-20(25)24-12-15(3-5-19(24)23-17)13-6-8-22-9-7-13/h6-7,10-15,18,24H,4-5,8-9H2,1-3H3;5-8,13-16H,4,9-12H2,1-3H3;5-8,10-11,13,15,22H,3-4,9,12H2,1-2H3;2-5,10-13,22H,6-9H2,1H3. The SMILES string of the molecule is CCN1CCC(c2ccc3nc(-c4ccc(OC)c(OC)c4)cc(=O)n3c2)CC1.CNC1CCC(c2ccc3nc(-c4ccc(OC)c(OC)c4)cc(=O)n3c2)CC1.COc1ccc(-c2cc(=O)n3cc(C4CCCNC4)ccc3n2)cc1OC.COc1ccc(-c2cc(=O)n3cc(C4CCNCC4)ccc3n2)cc1F. The van der Waals surface area contributed by atoms with Gasteiger partial charge in [0.25, 0.3) is 22.2 Å². The molecule has 8 aromatic heterocycles. The summed E-state index contributed by atoms with van der Waals surface area (Å²) in [4.78, 5) is 72.1. The second-order valence-electron chi connectivity index (χ2n) is 28.4. The van der Waals surface area contributed by atoms with Gasteiger partial charge < -0.3 is 54.0 Å². The number of methoxy groups -OCH3 is 7. The molecule has 0 bridgehead atoms. The summed E-state index contributed by atoms with van der Waals surface area (Å²) >= 11 is 0. The lowest BCUT2D eigenvalue weighted by molar-refractivity contribution is 0.222. The average molecular weight is 1510 g/mol. The second-order valence-corrected chi connectivity index (χ2v) is 28.4. The molecular formula is C87H97FN12O11. The Morgan fingerprint density at radius 1 is 0.378 bits per heavy atom. The van der Waals surface area contributed by atoms with Crippen molar-refractivity contribution in [3.63, 3.8) is 0 Å². The molecule has 578 valence electrons. The van der Waals surface area contributed by atoms with Crippen molar-refractivity contribution in [2.24, 2.45) is 0 Å². The molecule has 11 heterocycles. The van der Waals surface area contributed by atoms with Gasteiger partial charge >= 0.3 is 0 Å². The third-order valence-electron chi connectivity index (χ3n) is 21.9. The Bertz CT molecular complexity index is 5350. The van der Waals surface area contributed by atoms with Crippen molar-refractivity contribution in [3.8, 4) is 85.3 Å². The van der Waals surface area contributed by atoms with Crippen molar-refractivity contribution in [2.45, 2.75) is 101 Å². The fourth-order valence-corrected chi connectivity index (χ4v) is 15.4. The number of nitrogens with one attached hydrogen (secondary N) is 3. The van der Waals surface area contributed by atoms with Crippen LogP contribution in [0, 0.1) is 5.82 Å². The van der Waals surface area contributed by atoms with E-state index >= 15 is 0 Å². The summed E-state index contributed by atoms with van der Waals surface area (Å²) in [7, 11) is 13.0. The normalized spacial score (nSPS) is 16.8. The first-order valence-electron chi connectivity index (χ1n) is 38.1. The van der Waals surface area contributed by atoms with Crippen molar-refractivity contribution < 1.29 is 37.5 Å². The molecule has 1 aliphatic carbocycles. The predicted molar refractivity (Wildman–Crippen MR) is 431 cm³/mol. The Kier molecular flexibility index (Phi) is 25.3. The number of hydrogen-bond acceptors (Lipinski definition) is 19. The third-order valence-corrected chi connectivity index (χ3v) is 21.9. The molecule has 3 saturated heterocycles. The van der Waals surface area contributed by atoms with Crippen LogP contribution in [0.2, 0.25) is 0 Å². The fourth-order valence-electron chi connectivity index (χ4n) is 15.4. The van der Waals surface area contributed by atoms with Crippen LogP contribution in [0.1, 0.15) is 117 Å². The smallest absolute Gasteiger partial charge is 0.258 e. The maximum absolute atomic E-state index is 14.0. The van der Waals surface area contributed by atoms with E-state index in [1.54, 1.807) is 84.5 Å². The van der Waals surface area contributed by atoms with Crippen LogP contribution in [-0.4, -0.2) is 151 Å². The highest BCUT2D eigenvalue weighted by Crippen LogP contribution is 2.38. The number of halogens is 1. The number of pyridine rings is 4. The third kappa shape index (κ3) is 18.0. The average Bonchev–Trinajstić information content (AvgIpc) is 0.798. The highest BCUT2D eigenvalue weighted by Gasteiger charge is 2.25. The summed E-state index contributed by atoms with van der Waals surface area (Å²) in [6.07, 6.45) is 19.1. The Morgan fingerprint density at radius 2 is 0.721 bits per heavy atom. The number of fused-ring (bicyclic) bond motifs is 4. The molecule has 4 fully saturated rings. The Labute approximate surface area is 644 Å². The van der Waals surface area contributed by atoms with E-state index in [2.05, 4.69) is 55.9 Å². The zero-order valence-electron chi connectivity index (χ0n) is 64.5. The molecule has 0 radical (unpaired) electrons. The first-order chi connectivity index (χ1) is 54.1. The summed E-state index contributed by atoms with van der Waals surface area (Å²) in [5.74, 6) is 5.36. The van der Waals surface area contributed by atoms with Gasteiger partial charge in [0.15, 0.2) is 46.1 Å². The minimum absolute atomic E-state index is 0.0763. The molecule has 12 aromatic rings. The van der Waals surface area contributed by atoms with Gasteiger partial charge in [0.1, 0.15) is 22.6 Å².